The second kappa shape index (κ2) is 4.56. The topological polar surface area (TPSA) is 3.24 Å². The van der Waals surface area contributed by atoms with Crippen molar-refractivity contribution in [2.45, 2.75) is 26.7 Å². The summed E-state index contributed by atoms with van der Waals surface area (Å²) in [5, 5.41) is 0. The third-order valence-corrected chi connectivity index (χ3v) is 3.50. The first-order valence-corrected chi connectivity index (χ1v) is 6.50. The SMILES string of the molecule is CCCC1CN(c2cc(C)cc(Br)c2)C1. The Hall–Kier alpha value is -0.500. The summed E-state index contributed by atoms with van der Waals surface area (Å²) in [5.74, 6) is 0.925. The van der Waals surface area contributed by atoms with E-state index in [0.29, 0.717) is 0 Å². The van der Waals surface area contributed by atoms with E-state index >= 15 is 0 Å². The average molecular weight is 268 g/mol. The monoisotopic (exact) mass is 267 g/mol. The molecule has 2 heteroatoms. The first-order valence-electron chi connectivity index (χ1n) is 5.71. The summed E-state index contributed by atoms with van der Waals surface area (Å²) in [4.78, 5) is 2.47. The van der Waals surface area contributed by atoms with E-state index in [1.807, 2.05) is 0 Å². The first kappa shape index (κ1) is 11.0. The fraction of sp³-hybridized carbons (Fsp3) is 0.538. The van der Waals surface area contributed by atoms with Crippen molar-refractivity contribution in [3.63, 3.8) is 0 Å². The predicted molar refractivity (Wildman–Crippen MR) is 69.5 cm³/mol. The summed E-state index contributed by atoms with van der Waals surface area (Å²) in [6, 6.07) is 6.65. The molecule has 0 spiro atoms. The number of rotatable bonds is 3. The molecule has 0 saturated carbocycles. The van der Waals surface area contributed by atoms with Gasteiger partial charge in [-0.1, -0.05) is 29.3 Å². The molecule has 1 aromatic rings. The fourth-order valence-corrected chi connectivity index (χ4v) is 2.87. The summed E-state index contributed by atoms with van der Waals surface area (Å²) >= 11 is 3.55. The molecule has 1 nitrogen and oxygen atoms in total. The molecule has 15 heavy (non-hydrogen) atoms. The maximum atomic E-state index is 3.55. The highest BCUT2D eigenvalue weighted by molar-refractivity contribution is 9.10. The Kier molecular flexibility index (Phi) is 3.35. The minimum Gasteiger partial charge on any atom is -0.371 e. The quantitative estimate of drug-likeness (QED) is 0.801. The fourth-order valence-electron chi connectivity index (χ4n) is 2.27. The van der Waals surface area contributed by atoms with Gasteiger partial charge in [-0.15, -0.1) is 0 Å². The Bertz CT molecular complexity index is 322. The lowest BCUT2D eigenvalue weighted by atomic mass is 9.94. The van der Waals surface area contributed by atoms with Crippen LogP contribution in [0.3, 0.4) is 0 Å². The largest absolute Gasteiger partial charge is 0.371 e. The molecule has 0 atom stereocenters. The molecule has 82 valence electrons. The Morgan fingerprint density at radius 3 is 2.67 bits per heavy atom. The van der Waals surface area contributed by atoms with Gasteiger partial charge in [-0.2, -0.15) is 0 Å². The molecule has 1 heterocycles. The molecule has 0 aromatic heterocycles. The van der Waals surface area contributed by atoms with Crippen molar-refractivity contribution in [2.24, 2.45) is 5.92 Å². The standard InChI is InChI=1S/C13H18BrN/c1-3-4-11-8-15(9-11)13-6-10(2)5-12(14)7-13/h5-7,11H,3-4,8-9H2,1-2H3. The molecule has 0 N–H and O–H groups in total. The Labute approximate surface area is 101 Å². The Morgan fingerprint density at radius 1 is 1.33 bits per heavy atom. The third-order valence-electron chi connectivity index (χ3n) is 3.05. The van der Waals surface area contributed by atoms with Crippen LogP contribution in [-0.2, 0) is 0 Å². The number of nitrogens with zero attached hydrogens (tertiary/aromatic N) is 1. The molecule has 0 radical (unpaired) electrons. The molecule has 1 aliphatic rings. The van der Waals surface area contributed by atoms with Gasteiger partial charge >= 0.3 is 0 Å². The molecular weight excluding hydrogens is 250 g/mol. The van der Waals surface area contributed by atoms with Crippen LogP contribution in [0.25, 0.3) is 0 Å². The first-order chi connectivity index (χ1) is 7.19. The van der Waals surface area contributed by atoms with E-state index in [1.54, 1.807) is 0 Å². The van der Waals surface area contributed by atoms with Crippen molar-refractivity contribution >= 4 is 21.6 Å². The maximum Gasteiger partial charge on any atom is 0.0380 e. The summed E-state index contributed by atoms with van der Waals surface area (Å²) in [6.45, 7) is 6.90. The summed E-state index contributed by atoms with van der Waals surface area (Å²) in [5.41, 5.74) is 2.70. The normalized spacial score (nSPS) is 16.6. The van der Waals surface area contributed by atoms with Gasteiger partial charge in [-0.3, -0.25) is 0 Å². The van der Waals surface area contributed by atoms with Crippen molar-refractivity contribution in [3.05, 3.63) is 28.2 Å². The molecular formula is C13H18BrN. The highest BCUT2D eigenvalue weighted by Gasteiger charge is 2.25. The zero-order chi connectivity index (χ0) is 10.8. The number of benzene rings is 1. The third kappa shape index (κ3) is 2.54. The minimum absolute atomic E-state index is 0.925. The maximum absolute atomic E-state index is 3.55. The molecule has 1 fully saturated rings. The van der Waals surface area contributed by atoms with Gasteiger partial charge in [0.15, 0.2) is 0 Å². The van der Waals surface area contributed by atoms with Crippen LogP contribution < -0.4 is 4.90 Å². The van der Waals surface area contributed by atoms with E-state index in [4.69, 9.17) is 0 Å². The summed E-state index contributed by atoms with van der Waals surface area (Å²) in [6.07, 6.45) is 2.69. The van der Waals surface area contributed by atoms with E-state index < -0.39 is 0 Å². The van der Waals surface area contributed by atoms with Crippen molar-refractivity contribution in [1.29, 1.82) is 0 Å². The van der Waals surface area contributed by atoms with E-state index in [2.05, 4.69) is 52.9 Å². The van der Waals surface area contributed by atoms with E-state index in [1.165, 1.54) is 41.7 Å². The van der Waals surface area contributed by atoms with Crippen LogP contribution >= 0.6 is 15.9 Å². The molecule has 1 aliphatic heterocycles. The molecule has 0 unspecified atom stereocenters. The van der Waals surface area contributed by atoms with E-state index in [-0.39, 0.29) is 0 Å². The smallest absolute Gasteiger partial charge is 0.0380 e. The number of anilines is 1. The lowest BCUT2D eigenvalue weighted by Crippen LogP contribution is -2.46. The summed E-state index contributed by atoms with van der Waals surface area (Å²) in [7, 11) is 0. The second-order valence-corrected chi connectivity index (χ2v) is 5.46. The predicted octanol–water partition coefficient (Wildman–Crippen LogP) is 3.99. The molecule has 0 aliphatic carbocycles. The molecule has 0 amide bonds. The van der Waals surface area contributed by atoms with Crippen LogP contribution in [0.15, 0.2) is 22.7 Å². The van der Waals surface area contributed by atoms with E-state index in [0.717, 1.165) is 5.92 Å². The van der Waals surface area contributed by atoms with Crippen LogP contribution in [0.4, 0.5) is 5.69 Å². The van der Waals surface area contributed by atoms with E-state index in [9.17, 15) is 0 Å². The highest BCUT2D eigenvalue weighted by atomic mass is 79.9. The van der Waals surface area contributed by atoms with Crippen LogP contribution in [0.1, 0.15) is 25.3 Å². The van der Waals surface area contributed by atoms with Crippen LogP contribution in [0.2, 0.25) is 0 Å². The molecule has 0 bridgehead atoms. The Balaban J connectivity index is 2.00. The van der Waals surface area contributed by atoms with Gasteiger partial charge in [0.1, 0.15) is 0 Å². The van der Waals surface area contributed by atoms with Gasteiger partial charge in [-0.25, -0.2) is 0 Å². The Morgan fingerprint density at radius 2 is 2.07 bits per heavy atom. The second-order valence-electron chi connectivity index (χ2n) is 4.55. The summed E-state index contributed by atoms with van der Waals surface area (Å²) < 4.78 is 1.19. The zero-order valence-electron chi connectivity index (χ0n) is 9.46. The lowest BCUT2D eigenvalue weighted by molar-refractivity contribution is 0.380. The van der Waals surface area contributed by atoms with Gasteiger partial charge in [0, 0.05) is 23.2 Å². The van der Waals surface area contributed by atoms with Crippen LogP contribution in [0, 0.1) is 12.8 Å². The van der Waals surface area contributed by atoms with Crippen molar-refractivity contribution in [1.82, 2.24) is 0 Å². The average Bonchev–Trinajstić information content (AvgIpc) is 2.08. The van der Waals surface area contributed by atoms with Crippen LogP contribution in [0.5, 0.6) is 0 Å². The molecule has 1 saturated heterocycles. The number of hydrogen-bond donors (Lipinski definition) is 0. The lowest BCUT2D eigenvalue weighted by Gasteiger charge is -2.41. The number of halogens is 1. The highest BCUT2D eigenvalue weighted by Crippen LogP contribution is 2.30. The van der Waals surface area contributed by atoms with Gasteiger partial charge in [-0.05, 0) is 43.0 Å². The van der Waals surface area contributed by atoms with Crippen molar-refractivity contribution in [3.8, 4) is 0 Å². The van der Waals surface area contributed by atoms with Gasteiger partial charge in [0.25, 0.3) is 0 Å². The molecule has 1 aromatic carbocycles. The van der Waals surface area contributed by atoms with Gasteiger partial charge in [0.05, 0.1) is 0 Å². The minimum atomic E-state index is 0.925. The van der Waals surface area contributed by atoms with Gasteiger partial charge < -0.3 is 4.90 Å². The molecule has 2 rings (SSSR count). The number of aryl methyl sites for hydroxylation is 1. The number of hydrogen-bond acceptors (Lipinski definition) is 1. The van der Waals surface area contributed by atoms with Gasteiger partial charge in [0.2, 0.25) is 0 Å². The van der Waals surface area contributed by atoms with Crippen molar-refractivity contribution < 1.29 is 0 Å². The zero-order valence-corrected chi connectivity index (χ0v) is 11.0. The van der Waals surface area contributed by atoms with Crippen LogP contribution in [-0.4, -0.2) is 13.1 Å². The van der Waals surface area contributed by atoms with Crippen molar-refractivity contribution in [2.75, 3.05) is 18.0 Å².